The maximum atomic E-state index is 4.34. The van der Waals surface area contributed by atoms with Crippen LogP contribution in [0.15, 0.2) is 12.3 Å². The Kier molecular flexibility index (Phi) is 1.98. The van der Waals surface area contributed by atoms with Gasteiger partial charge in [0.25, 0.3) is 0 Å². The molecule has 70 valence electrons. The normalized spacial score (nSPS) is 20.2. The molecule has 0 fully saturated rings. The van der Waals surface area contributed by atoms with E-state index in [-0.39, 0.29) is 0 Å². The van der Waals surface area contributed by atoms with Gasteiger partial charge < -0.3 is 5.32 Å². The quantitative estimate of drug-likeness (QED) is 0.711. The van der Waals surface area contributed by atoms with Crippen molar-refractivity contribution in [2.75, 3.05) is 5.32 Å². The molecule has 2 rings (SSSR count). The van der Waals surface area contributed by atoms with Crippen LogP contribution in [0.3, 0.4) is 0 Å². The maximum absolute atomic E-state index is 4.34. The number of nitrogens with zero attached hydrogens (tertiary/aromatic N) is 1. The highest BCUT2D eigenvalue weighted by molar-refractivity contribution is 5.54. The van der Waals surface area contributed by atoms with E-state index in [0.29, 0.717) is 12.0 Å². The molecule has 13 heavy (non-hydrogen) atoms. The van der Waals surface area contributed by atoms with Gasteiger partial charge in [-0.2, -0.15) is 0 Å². The van der Waals surface area contributed by atoms with Gasteiger partial charge in [-0.15, -0.1) is 0 Å². The third-order valence-corrected chi connectivity index (χ3v) is 2.61. The average molecular weight is 176 g/mol. The zero-order valence-corrected chi connectivity index (χ0v) is 8.46. The number of pyridine rings is 1. The van der Waals surface area contributed by atoms with Gasteiger partial charge in [0.15, 0.2) is 0 Å². The third kappa shape index (κ3) is 1.41. The molecule has 1 unspecified atom stereocenters. The maximum Gasteiger partial charge on any atom is 0.129 e. The van der Waals surface area contributed by atoms with E-state index in [1.807, 2.05) is 6.20 Å². The minimum Gasteiger partial charge on any atom is -0.367 e. The summed E-state index contributed by atoms with van der Waals surface area (Å²) in [6.45, 7) is 6.67. The molecule has 1 aromatic heterocycles. The second-order valence-electron chi connectivity index (χ2n) is 4.13. The number of anilines is 1. The smallest absolute Gasteiger partial charge is 0.129 e. The van der Waals surface area contributed by atoms with Crippen molar-refractivity contribution in [2.24, 2.45) is 0 Å². The molecular weight excluding hydrogens is 160 g/mol. The van der Waals surface area contributed by atoms with E-state index in [1.165, 1.54) is 11.1 Å². The van der Waals surface area contributed by atoms with Gasteiger partial charge in [0.2, 0.25) is 0 Å². The van der Waals surface area contributed by atoms with Crippen molar-refractivity contribution >= 4 is 5.82 Å². The summed E-state index contributed by atoms with van der Waals surface area (Å²) >= 11 is 0. The Morgan fingerprint density at radius 1 is 1.54 bits per heavy atom. The van der Waals surface area contributed by atoms with Crippen molar-refractivity contribution < 1.29 is 0 Å². The van der Waals surface area contributed by atoms with E-state index >= 15 is 0 Å². The molecule has 0 spiro atoms. The second kappa shape index (κ2) is 3.02. The number of aromatic nitrogens is 1. The van der Waals surface area contributed by atoms with Crippen molar-refractivity contribution in [1.29, 1.82) is 0 Å². The van der Waals surface area contributed by atoms with E-state index in [4.69, 9.17) is 0 Å². The first kappa shape index (κ1) is 8.54. The van der Waals surface area contributed by atoms with Crippen LogP contribution in [-0.2, 0) is 6.42 Å². The van der Waals surface area contributed by atoms with Gasteiger partial charge in [-0.3, -0.25) is 0 Å². The van der Waals surface area contributed by atoms with Crippen molar-refractivity contribution in [2.45, 2.75) is 39.2 Å². The van der Waals surface area contributed by atoms with Crippen LogP contribution in [0.2, 0.25) is 0 Å². The summed E-state index contributed by atoms with van der Waals surface area (Å²) in [5, 5.41) is 3.38. The Hall–Kier alpha value is -1.05. The Morgan fingerprint density at radius 3 is 3.00 bits per heavy atom. The van der Waals surface area contributed by atoms with Gasteiger partial charge in [-0.1, -0.05) is 13.8 Å². The molecule has 2 heterocycles. The van der Waals surface area contributed by atoms with Crippen LogP contribution in [0.1, 0.15) is 37.8 Å². The van der Waals surface area contributed by atoms with Crippen LogP contribution >= 0.6 is 0 Å². The van der Waals surface area contributed by atoms with Crippen LogP contribution in [0.4, 0.5) is 5.82 Å². The minimum absolute atomic E-state index is 0.544. The van der Waals surface area contributed by atoms with Crippen molar-refractivity contribution in [3.05, 3.63) is 23.4 Å². The summed E-state index contributed by atoms with van der Waals surface area (Å²) in [6, 6.07) is 2.69. The monoisotopic (exact) mass is 176 g/mol. The lowest BCUT2D eigenvalue weighted by molar-refractivity contribution is 0.805. The van der Waals surface area contributed by atoms with E-state index in [1.54, 1.807) is 0 Å². The predicted molar refractivity (Wildman–Crippen MR) is 55.1 cm³/mol. The molecule has 1 aromatic rings. The highest BCUT2D eigenvalue weighted by atomic mass is 15.0. The van der Waals surface area contributed by atoms with E-state index < -0.39 is 0 Å². The van der Waals surface area contributed by atoms with Gasteiger partial charge in [-0.05, 0) is 36.5 Å². The number of hydrogen-bond donors (Lipinski definition) is 1. The fourth-order valence-electron chi connectivity index (χ4n) is 1.98. The Labute approximate surface area is 79.4 Å². The van der Waals surface area contributed by atoms with Crippen LogP contribution in [0.5, 0.6) is 0 Å². The van der Waals surface area contributed by atoms with Gasteiger partial charge >= 0.3 is 0 Å². The number of hydrogen-bond acceptors (Lipinski definition) is 2. The minimum atomic E-state index is 0.544. The molecule has 2 nitrogen and oxygen atoms in total. The molecule has 0 aliphatic carbocycles. The molecular formula is C11H16N2. The molecule has 0 saturated carbocycles. The van der Waals surface area contributed by atoms with Crippen LogP contribution in [0.25, 0.3) is 0 Å². The topological polar surface area (TPSA) is 24.9 Å². The molecule has 2 heteroatoms. The molecule has 0 aromatic carbocycles. The molecule has 0 saturated heterocycles. The predicted octanol–water partition coefficient (Wildman–Crippen LogP) is 2.56. The molecule has 1 aliphatic heterocycles. The second-order valence-corrected chi connectivity index (χ2v) is 4.13. The summed E-state index contributed by atoms with van der Waals surface area (Å²) in [5.74, 6) is 1.70. The summed E-state index contributed by atoms with van der Waals surface area (Å²) in [7, 11) is 0. The number of rotatable bonds is 1. The van der Waals surface area contributed by atoms with Crippen molar-refractivity contribution in [1.82, 2.24) is 4.98 Å². The molecule has 1 N–H and O–H groups in total. The zero-order chi connectivity index (χ0) is 9.42. The molecule has 1 aliphatic rings. The average Bonchev–Trinajstić information content (AvgIpc) is 2.43. The van der Waals surface area contributed by atoms with Gasteiger partial charge in [0.05, 0.1) is 0 Å². The summed E-state index contributed by atoms with van der Waals surface area (Å²) in [4.78, 5) is 4.34. The van der Waals surface area contributed by atoms with Gasteiger partial charge in [0, 0.05) is 12.2 Å². The highest BCUT2D eigenvalue weighted by Gasteiger charge is 2.21. The first-order valence-corrected chi connectivity index (χ1v) is 4.93. The third-order valence-electron chi connectivity index (χ3n) is 2.61. The lowest BCUT2D eigenvalue weighted by atomic mass is 9.97. The largest absolute Gasteiger partial charge is 0.367 e. The fraction of sp³-hybridized carbons (Fsp3) is 0.545. The highest BCUT2D eigenvalue weighted by Crippen LogP contribution is 2.30. The molecule has 1 atom stereocenters. The number of fused-ring (bicyclic) bond motifs is 1. The molecule has 0 radical (unpaired) electrons. The Bertz CT molecular complexity index is 318. The van der Waals surface area contributed by atoms with E-state index in [9.17, 15) is 0 Å². The summed E-state index contributed by atoms with van der Waals surface area (Å²) in [5.41, 5.74) is 2.87. The zero-order valence-electron chi connectivity index (χ0n) is 8.46. The van der Waals surface area contributed by atoms with Gasteiger partial charge in [0.1, 0.15) is 5.82 Å². The van der Waals surface area contributed by atoms with Gasteiger partial charge in [-0.25, -0.2) is 4.98 Å². The van der Waals surface area contributed by atoms with E-state index in [2.05, 4.69) is 37.1 Å². The Balaban J connectivity index is 2.45. The van der Waals surface area contributed by atoms with E-state index in [0.717, 1.165) is 12.2 Å². The van der Waals surface area contributed by atoms with Crippen LogP contribution in [-0.4, -0.2) is 11.0 Å². The van der Waals surface area contributed by atoms with Crippen LogP contribution < -0.4 is 5.32 Å². The standard InChI is InChI=1S/C11H16N2/c1-7(2)9-4-5-12-11-10(9)6-8(3)13-11/h4-5,7-8H,6H2,1-3H3,(H,12,13). The summed E-state index contributed by atoms with van der Waals surface area (Å²) < 4.78 is 0. The first-order valence-electron chi connectivity index (χ1n) is 4.93. The SMILES string of the molecule is CC1Cc2c(C(C)C)ccnc2N1. The molecule has 0 bridgehead atoms. The number of nitrogens with one attached hydrogen (secondary N) is 1. The fourth-order valence-corrected chi connectivity index (χ4v) is 1.98. The van der Waals surface area contributed by atoms with Crippen LogP contribution in [0, 0.1) is 0 Å². The summed E-state index contributed by atoms with van der Waals surface area (Å²) in [6.07, 6.45) is 3.02. The Morgan fingerprint density at radius 2 is 2.31 bits per heavy atom. The van der Waals surface area contributed by atoms with Crippen molar-refractivity contribution in [3.8, 4) is 0 Å². The lowest BCUT2D eigenvalue weighted by Crippen LogP contribution is -2.08. The van der Waals surface area contributed by atoms with Crippen molar-refractivity contribution in [3.63, 3.8) is 0 Å². The lowest BCUT2D eigenvalue weighted by Gasteiger charge is -2.09. The first-order chi connectivity index (χ1) is 6.18. The molecule has 0 amide bonds.